The summed E-state index contributed by atoms with van der Waals surface area (Å²) in [6, 6.07) is 5.94. The number of carbonyl (C=O) groups excluding carboxylic acids is 2. The van der Waals surface area contributed by atoms with Gasteiger partial charge in [0, 0.05) is 13.8 Å². The summed E-state index contributed by atoms with van der Waals surface area (Å²) < 4.78 is 45.1. The molecule has 0 bridgehead atoms. The third-order valence-electron chi connectivity index (χ3n) is 3.57. The van der Waals surface area contributed by atoms with E-state index in [2.05, 4.69) is 0 Å². The molecule has 4 unspecified atom stereocenters. The lowest BCUT2D eigenvalue weighted by Gasteiger charge is -2.38. The van der Waals surface area contributed by atoms with Gasteiger partial charge < -0.3 is 19.3 Å². The van der Waals surface area contributed by atoms with Crippen LogP contribution in [0.4, 0.5) is 0 Å². The fraction of sp³-hybridized carbons (Fsp3) is 0.500. The van der Waals surface area contributed by atoms with Gasteiger partial charge in [-0.05, 0) is 19.1 Å². The Bertz CT molecular complexity index is 756. The van der Waals surface area contributed by atoms with E-state index in [4.69, 9.17) is 18.4 Å². The van der Waals surface area contributed by atoms with Crippen LogP contribution in [-0.4, -0.2) is 56.7 Å². The maximum absolute atomic E-state index is 12.5. The van der Waals surface area contributed by atoms with Crippen molar-refractivity contribution in [3.05, 3.63) is 29.8 Å². The summed E-state index contributed by atoms with van der Waals surface area (Å²) in [6.45, 7) is 3.60. The predicted molar refractivity (Wildman–Crippen MR) is 86.3 cm³/mol. The summed E-state index contributed by atoms with van der Waals surface area (Å²) in [6.07, 6.45) is -5.69. The minimum atomic E-state index is -4.21. The average molecular weight is 388 g/mol. The van der Waals surface area contributed by atoms with Gasteiger partial charge in [0.25, 0.3) is 10.1 Å². The molecule has 1 saturated heterocycles. The number of hydrogen-bond donors (Lipinski definition) is 1. The smallest absolute Gasteiger partial charge is 0.303 e. The highest BCUT2D eigenvalue weighted by Gasteiger charge is 2.47. The molecule has 1 N–H and O–H groups in total. The molecule has 0 aromatic heterocycles. The van der Waals surface area contributed by atoms with Gasteiger partial charge in [-0.15, -0.1) is 0 Å². The first-order valence-corrected chi connectivity index (χ1v) is 9.15. The maximum atomic E-state index is 12.5. The van der Waals surface area contributed by atoms with E-state index in [0.717, 1.165) is 19.4 Å². The van der Waals surface area contributed by atoms with Crippen LogP contribution in [0.15, 0.2) is 29.2 Å². The Morgan fingerprint density at radius 3 is 2.15 bits per heavy atom. The lowest BCUT2D eigenvalue weighted by Crippen LogP contribution is -2.57. The molecule has 26 heavy (non-hydrogen) atoms. The van der Waals surface area contributed by atoms with E-state index in [1.165, 1.54) is 12.1 Å². The summed E-state index contributed by atoms with van der Waals surface area (Å²) in [5.74, 6) is -1.53. The molecular formula is C16H20O9S. The lowest BCUT2D eigenvalue weighted by molar-refractivity contribution is -0.260. The Labute approximate surface area is 150 Å². The molecule has 0 radical (unpaired) electrons. The summed E-state index contributed by atoms with van der Waals surface area (Å²) in [5, 5.41) is 9.87. The van der Waals surface area contributed by atoms with Crippen LogP contribution in [0.5, 0.6) is 0 Å². The number of aliphatic hydroxyl groups excluding tert-OH is 1. The van der Waals surface area contributed by atoms with Crippen molar-refractivity contribution >= 4 is 22.1 Å². The topological polar surface area (TPSA) is 125 Å². The molecule has 10 heteroatoms. The van der Waals surface area contributed by atoms with E-state index >= 15 is 0 Å². The van der Waals surface area contributed by atoms with Gasteiger partial charge in [0.05, 0.1) is 11.5 Å². The molecule has 1 aliphatic heterocycles. The Morgan fingerprint density at radius 2 is 1.62 bits per heavy atom. The van der Waals surface area contributed by atoms with Gasteiger partial charge in [-0.3, -0.25) is 13.8 Å². The minimum Gasteiger partial charge on any atom is -0.455 e. The fourth-order valence-electron chi connectivity index (χ4n) is 2.41. The largest absolute Gasteiger partial charge is 0.455 e. The van der Waals surface area contributed by atoms with E-state index in [0.29, 0.717) is 0 Å². The molecule has 1 heterocycles. The maximum Gasteiger partial charge on any atom is 0.303 e. The summed E-state index contributed by atoms with van der Waals surface area (Å²) >= 11 is 0. The number of benzene rings is 1. The van der Waals surface area contributed by atoms with Crippen LogP contribution in [0.3, 0.4) is 0 Å². The van der Waals surface area contributed by atoms with E-state index in [1.54, 1.807) is 19.1 Å². The second kappa shape index (κ2) is 8.12. The van der Waals surface area contributed by atoms with E-state index in [9.17, 15) is 23.1 Å². The first kappa shape index (κ1) is 20.3. The Kier molecular flexibility index (Phi) is 6.34. The Morgan fingerprint density at radius 1 is 1.08 bits per heavy atom. The van der Waals surface area contributed by atoms with Crippen molar-refractivity contribution in [2.45, 2.75) is 50.3 Å². The molecule has 1 fully saturated rings. The van der Waals surface area contributed by atoms with Crippen LogP contribution in [-0.2, 0) is 38.1 Å². The zero-order chi connectivity index (χ0) is 19.5. The average Bonchev–Trinajstić information content (AvgIpc) is 2.53. The second-order valence-corrected chi connectivity index (χ2v) is 7.35. The molecule has 0 amide bonds. The van der Waals surface area contributed by atoms with Gasteiger partial charge >= 0.3 is 11.9 Å². The van der Waals surface area contributed by atoms with Crippen molar-refractivity contribution in [3.8, 4) is 0 Å². The summed E-state index contributed by atoms with van der Waals surface area (Å²) in [7, 11) is -4.21. The number of carbonyl (C=O) groups is 2. The highest BCUT2D eigenvalue weighted by molar-refractivity contribution is 7.86. The number of rotatable bonds is 5. The van der Waals surface area contributed by atoms with Gasteiger partial charge in [-0.25, -0.2) is 0 Å². The van der Waals surface area contributed by atoms with Crippen molar-refractivity contribution in [2.75, 3.05) is 6.61 Å². The zero-order valence-corrected chi connectivity index (χ0v) is 15.3. The number of aliphatic hydroxyl groups is 1. The standard InChI is InChI=1S/C16H20O9S/c1-9-4-6-12(7-5-9)26(20,21)25-13-8-22-16(19)15(24-11(3)18)14(13)23-10(2)17/h4-7,13-16,19H,8H2,1-3H3. The molecule has 4 atom stereocenters. The third kappa shape index (κ3) is 5.01. The van der Waals surface area contributed by atoms with Gasteiger partial charge in [-0.2, -0.15) is 8.42 Å². The van der Waals surface area contributed by atoms with Crippen molar-refractivity contribution in [3.63, 3.8) is 0 Å². The van der Waals surface area contributed by atoms with Crippen molar-refractivity contribution in [1.82, 2.24) is 0 Å². The Hall–Kier alpha value is -2.01. The van der Waals surface area contributed by atoms with Crippen molar-refractivity contribution < 1.29 is 41.5 Å². The molecule has 2 rings (SSSR count). The van der Waals surface area contributed by atoms with E-state index in [-0.39, 0.29) is 11.5 Å². The summed E-state index contributed by atoms with van der Waals surface area (Å²) in [4.78, 5) is 22.5. The molecule has 1 aromatic carbocycles. The first-order valence-electron chi connectivity index (χ1n) is 7.74. The first-order chi connectivity index (χ1) is 12.1. The van der Waals surface area contributed by atoms with Gasteiger partial charge in [0.1, 0.15) is 6.10 Å². The number of ether oxygens (including phenoxy) is 3. The van der Waals surface area contributed by atoms with Crippen molar-refractivity contribution in [2.24, 2.45) is 0 Å². The normalized spacial score (nSPS) is 26.2. The minimum absolute atomic E-state index is 0.0974. The zero-order valence-electron chi connectivity index (χ0n) is 14.4. The van der Waals surface area contributed by atoms with Gasteiger partial charge in [0.2, 0.25) is 0 Å². The molecule has 0 spiro atoms. The van der Waals surface area contributed by atoms with Gasteiger partial charge in [-0.1, -0.05) is 17.7 Å². The SMILES string of the molecule is CC(=O)OC1C(O)OCC(OS(=O)(=O)c2ccc(C)cc2)C1OC(C)=O. The second-order valence-electron chi connectivity index (χ2n) is 5.77. The van der Waals surface area contributed by atoms with Crippen LogP contribution in [0.2, 0.25) is 0 Å². The molecule has 9 nitrogen and oxygen atoms in total. The molecule has 0 saturated carbocycles. The lowest BCUT2D eigenvalue weighted by atomic mass is 10.1. The van der Waals surface area contributed by atoms with Crippen LogP contribution in [0.25, 0.3) is 0 Å². The molecular weight excluding hydrogens is 368 g/mol. The predicted octanol–water partition coefficient (Wildman–Crippen LogP) is 0.281. The van der Waals surface area contributed by atoms with E-state index in [1.807, 2.05) is 0 Å². The Balaban J connectivity index is 2.28. The number of aryl methyl sites for hydroxylation is 1. The molecule has 144 valence electrons. The van der Waals surface area contributed by atoms with Crippen LogP contribution in [0, 0.1) is 6.92 Å². The van der Waals surface area contributed by atoms with Gasteiger partial charge in [0.15, 0.2) is 18.5 Å². The van der Waals surface area contributed by atoms with Crippen LogP contribution in [0.1, 0.15) is 19.4 Å². The number of hydrogen-bond acceptors (Lipinski definition) is 9. The summed E-state index contributed by atoms with van der Waals surface area (Å²) in [5.41, 5.74) is 0.862. The monoisotopic (exact) mass is 388 g/mol. The highest BCUT2D eigenvalue weighted by Crippen LogP contribution is 2.26. The fourth-order valence-corrected chi connectivity index (χ4v) is 3.49. The van der Waals surface area contributed by atoms with Crippen molar-refractivity contribution in [1.29, 1.82) is 0 Å². The number of esters is 2. The highest BCUT2D eigenvalue weighted by atomic mass is 32.2. The molecule has 1 aliphatic rings. The van der Waals surface area contributed by atoms with E-state index < -0.39 is 46.7 Å². The quantitative estimate of drug-likeness (QED) is 0.559. The van der Waals surface area contributed by atoms with Crippen LogP contribution < -0.4 is 0 Å². The van der Waals surface area contributed by atoms with Crippen LogP contribution >= 0.6 is 0 Å². The third-order valence-corrected chi connectivity index (χ3v) is 4.92. The molecule has 1 aromatic rings. The molecule has 0 aliphatic carbocycles.